The SMILES string of the molecule is C=CC1CN(S(=O)(=O)c2ccccc2C)c2ccccc21. The van der Waals surface area contributed by atoms with Crippen molar-refractivity contribution in [2.45, 2.75) is 17.7 Å². The van der Waals surface area contributed by atoms with Gasteiger partial charge in [0.05, 0.1) is 10.6 Å². The van der Waals surface area contributed by atoms with Crippen molar-refractivity contribution in [1.82, 2.24) is 0 Å². The van der Waals surface area contributed by atoms with E-state index in [4.69, 9.17) is 0 Å². The predicted octanol–water partition coefficient (Wildman–Crippen LogP) is 3.47. The summed E-state index contributed by atoms with van der Waals surface area (Å²) < 4.78 is 27.4. The first-order valence-electron chi connectivity index (χ1n) is 6.85. The molecule has 0 spiro atoms. The Labute approximate surface area is 125 Å². The first-order chi connectivity index (χ1) is 10.1. The lowest BCUT2D eigenvalue weighted by Crippen LogP contribution is -2.30. The van der Waals surface area contributed by atoms with Gasteiger partial charge in [0.1, 0.15) is 0 Å². The molecule has 0 fully saturated rings. The summed E-state index contributed by atoms with van der Waals surface area (Å²) in [7, 11) is -3.54. The minimum atomic E-state index is -3.54. The van der Waals surface area contributed by atoms with Crippen molar-refractivity contribution in [3.8, 4) is 0 Å². The number of fused-ring (bicyclic) bond motifs is 1. The quantitative estimate of drug-likeness (QED) is 0.814. The van der Waals surface area contributed by atoms with Gasteiger partial charge < -0.3 is 0 Å². The van der Waals surface area contributed by atoms with E-state index in [-0.39, 0.29) is 5.92 Å². The average Bonchev–Trinajstić information content (AvgIpc) is 2.87. The normalized spacial score (nSPS) is 17.6. The summed E-state index contributed by atoms with van der Waals surface area (Å²) in [6, 6.07) is 14.7. The van der Waals surface area contributed by atoms with Crippen molar-refractivity contribution in [2.75, 3.05) is 10.8 Å². The number of para-hydroxylation sites is 1. The van der Waals surface area contributed by atoms with Crippen LogP contribution in [0.25, 0.3) is 0 Å². The highest BCUT2D eigenvalue weighted by molar-refractivity contribution is 7.93. The van der Waals surface area contributed by atoms with E-state index in [1.165, 1.54) is 4.31 Å². The first kappa shape index (κ1) is 13.9. The van der Waals surface area contributed by atoms with Gasteiger partial charge in [-0.05, 0) is 30.2 Å². The fraction of sp³-hybridized carbons (Fsp3) is 0.176. The second-order valence-corrected chi connectivity index (χ2v) is 7.03. The molecule has 1 heterocycles. The molecule has 0 radical (unpaired) electrons. The first-order valence-corrected chi connectivity index (χ1v) is 8.29. The number of hydrogen-bond acceptors (Lipinski definition) is 2. The lowest BCUT2D eigenvalue weighted by Gasteiger charge is -2.21. The van der Waals surface area contributed by atoms with Crippen LogP contribution in [0.15, 0.2) is 66.1 Å². The molecular formula is C17H17NO2S. The third kappa shape index (κ3) is 2.16. The number of rotatable bonds is 3. The molecule has 0 saturated carbocycles. The molecule has 0 bridgehead atoms. The van der Waals surface area contributed by atoms with Crippen LogP contribution in [0.4, 0.5) is 5.69 Å². The van der Waals surface area contributed by atoms with Crippen LogP contribution in [0.3, 0.4) is 0 Å². The summed E-state index contributed by atoms with van der Waals surface area (Å²) in [5.74, 6) is 0.0417. The van der Waals surface area contributed by atoms with E-state index >= 15 is 0 Å². The van der Waals surface area contributed by atoms with Crippen molar-refractivity contribution in [3.63, 3.8) is 0 Å². The number of benzene rings is 2. The Morgan fingerprint density at radius 3 is 2.52 bits per heavy atom. The Balaban J connectivity index is 2.14. The van der Waals surface area contributed by atoms with Crippen molar-refractivity contribution in [1.29, 1.82) is 0 Å². The number of nitrogens with zero attached hydrogens (tertiary/aromatic N) is 1. The van der Waals surface area contributed by atoms with Crippen molar-refractivity contribution in [3.05, 3.63) is 72.3 Å². The maximum atomic E-state index is 13.0. The standard InChI is InChI=1S/C17H17NO2S/c1-3-14-12-18(16-10-6-5-9-15(14)16)21(19,20)17-11-7-4-8-13(17)2/h3-11,14H,1,12H2,2H3. The third-order valence-corrected chi connectivity index (χ3v) is 5.85. The smallest absolute Gasteiger partial charge is 0.264 e. The molecule has 0 saturated heterocycles. The van der Waals surface area contributed by atoms with Gasteiger partial charge in [-0.15, -0.1) is 6.58 Å². The molecule has 0 amide bonds. The van der Waals surface area contributed by atoms with E-state index in [9.17, 15) is 8.42 Å². The van der Waals surface area contributed by atoms with Gasteiger partial charge in [-0.2, -0.15) is 0 Å². The Hall–Kier alpha value is -2.07. The monoisotopic (exact) mass is 299 g/mol. The summed E-state index contributed by atoms with van der Waals surface area (Å²) in [6.07, 6.45) is 1.81. The highest BCUT2D eigenvalue weighted by Gasteiger charge is 2.35. The van der Waals surface area contributed by atoms with Gasteiger partial charge in [-0.1, -0.05) is 42.5 Å². The zero-order chi connectivity index (χ0) is 15.0. The number of sulfonamides is 1. The molecule has 1 aliphatic heterocycles. The zero-order valence-electron chi connectivity index (χ0n) is 11.9. The second kappa shape index (κ2) is 5.04. The predicted molar refractivity (Wildman–Crippen MR) is 85.1 cm³/mol. The topological polar surface area (TPSA) is 37.4 Å². The van der Waals surface area contributed by atoms with Gasteiger partial charge >= 0.3 is 0 Å². The van der Waals surface area contributed by atoms with Gasteiger partial charge in [0, 0.05) is 12.5 Å². The number of anilines is 1. The van der Waals surface area contributed by atoms with Crippen LogP contribution in [0.5, 0.6) is 0 Å². The lowest BCUT2D eigenvalue weighted by atomic mass is 10.0. The summed E-state index contributed by atoms with van der Waals surface area (Å²) in [4.78, 5) is 0.365. The average molecular weight is 299 g/mol. The third-order valence-electron chi connectivity index (χ3n) is 3.91. The molecule has 0 aromatic heterocycles. The molecule has 108 valence electrons. The molecule has 3 nitrogen and oxygen atoms in total. The summed E-state index contributed by atoms with van der Waals surface area (Å²) in [5, 5.41) is 0. The molecule has 0 N–H and O–H groups in total. The minimum absolute atomic E-state index is 0.0417. The lowest BCUT2D eigenvalue weighted by molar-refractivity contribution is 0.591. The Kier molecular flexibility index (Phi) is 3.33. The van der Waals surface area contributed by atoms with Gasteiger partial charge in [-0.3, -0.25) is 4.31 Å². The van der Waals surface area contributed by atoms with Crippen LogP contribution < -0.4 is 4.31 Å². The molecular weight excluding hydrogens is 282 g/mol. The summed E-state index contributed by atoms with van der Waals surface area (Å²) in [5.41, 5.74) is 2.53. The highest BCUT2D eigenvalue weighted by atomic mass is 32.2. The maximum Gasteiger partial charge on any atom is 0.264 e. The molecule has 2 aromatic rings. The Bertz CT molecular complexity index is 796. The van der Waals surface area contributed by atoms with Gasteiger partial charge in [0.2, 0.25) is 0 Å². The Morgan fingerprint density at radius 2 is 1.81 bits per heavy atom. The fourth-order valence-electron chi connectivity index (χ4n) is 2.80. The van der Waals surface area contributed by atoms with Gasteiger partial charge in [0.25, 0.3) is 10.0 Å². The molecule has 1 atom stereocenters. The Morgan fingerprint density at radius 1 is 1.14 bits per heavy atom. The largest absolute Gasteiger partial charge is 0.265 e. The van der Waals surface area contributed by atoms with E-state index in [1.54, 1.807) is 12.1 Å². The molecule has 4 heteroatoms. The molecule has 21 heavy (non-hydrogen) atoms. The molecule has 0 aliphatic carbocycles. The number of hydrogen-bond donors (Lipinski definition) is 0. The fourth-order valence-corrected chi connectivity index (χ4v) is 4.54. The molecule has 1 aliphatic rings. The second-order valence-electron chi connectivity index (χ2n) is 5.20. The van der Waals surface area contributed by atoms with E-state index in [0.29, 0.717) is 11.4 Å². The van der Waals surface area contributed by atoms with Crippen LogP contribution in [-0.2, 0) is 10.0 Å². The molecule has 2 aromatic carbocycles. The van der Waals surface area contributed by atoms with E-state index in [1.807, 2.05) is 49.4 Å². The molecule has 1 unspecified atom stereocenters. The summed E-state index contributed by atoms with van der Waals surface area (Å²) >= 11 is 0. The highest BCUT2D eigenvalue weighted by Crippen LogP contribution is 2.40. The van der Waals surface area contributed by atoms with Crippen molar-refractivity contribution >= 4 is 15.7 Å². The van der Waals surface area contributed by atoms with Gasteiger partial charge in [-0.25, -0.2) is 8.42 Å². The van der Waals surface area contributed by atoms with Crippen LogP contribution in [-0.4, -0.2) is 15.0 Å². The van der Waals surface area contributed by atoms with Crippen LogP contribution in [0, 0.1) is 6.92 Å². The van der Waals surface area contributed by atoms with E-state index in [0.717, 1.165) is 16.8 Å². The minimum Gasteiger partial charge on any atom is -0.265 e. The van der Waals surface area contributed by atoms with Gasteiger partial charge in [0.15, 0.2) is 0 Å². The zero-order valence-corrected chi connectivity index (χ0v) is 12.7. The van der Waals surface area contributed by atoms with E-state index < -0.39 is 10.0 Å². The summed E-state index contributed by atoms with van der Waals surface area (Å²) in [6.45, 7) is 6.06. The van der Waals surface area contributed by atoms with Crippen LogP contribution in [0.2, 0.25) is 0 Å². The van der Waals surface area contributed by atoms with Crippen LogP contribution in [0.1, 0.15) is 17.0 Å². The van der Waals surface area contributed by atoms with Crippen molar-refractivity contribution < 1.29 is 8.42 Å². The maximum absolute atomic E-state index is 13.0. The molecule has 3 rings (SSSR count). The van der Waals surface area contributed by atoms with Crippen LogP contribution >= 0.6 is 0 Å². The van der Waals surface area contributed by atoms with Crippen molar-refractivity contribution in [2.24, 2.45) is 0 Å². The van der Waals surface area contributed by atoms with E-state index in [2.05, 4.69) is 6.58 Å². The number of aryl methyl sites for hydroxylation is 1.